The SMILES string of the molecule is CC(C)CNC(=S)N(C)C(C)C(C)C. The van der Waals surface area contributed by atoms with Gasteiger partial charge >= 0.3 is 0 Å². The molecule has 0 aliphatic heterocycles. The van der Waals surface area contributed by atoms with Crippen LogP contribution in [0.25, 0.3) is 0 Å². The van der Waals surface area contributed by atoms with Gasteiger partial charge in [0.2, 0.25) is 0 Å². The summed E-state index contributed by atoms with van der Waals surface area (Å²) in [6.45, 7) is 11.9. The number of nitrogens with one attached hydrogen (secondary N) is 1. The molecule has 0 amide bonds. The van der Waals surface area contributed by atoms with Crippen LogP contribution < -0.4 is 5.32 Å². The van der Waals surface area contributed by atoms with E-state index in [1.807, 2.05) is 0 Å². The van der Waals surface area contributed by atoms with Crippen LogP contribution in [0.3, 0.4) is 0 Å². The van der Waals surface area contributed by atoms with E-state index in [0.717, 1.165) is 11.7 Å². The average Bonchev–Trinajstić information content (AvgIpc) is 2.11. The van der Waals surface area contributed by atoms with Crippen molar-refractivity contribution in [2.75, 3.05) is 13.6 Å². The minimum atomic E-state index is 0.488. The zero-order valence-electron chi connectivity index (χ0n) is 10.3. The maximum atomic E-state index is 5.31. The summed E-state index contributed by atoms with van der Waals surface area (Å²) in [5.41, 5.74) is 0. The Labute approximate surface area is 94.1 Å². The Bertz CT molecular complexity index is 178. The predicted octanol–water partition coefficient (Wildman–Crippen LogP) is 2.49. The number of hydrogen-bond acceptors (Lipinski definition) is 1. The van der Waals surface area contributed by atoms with Crippen LogP contribution in [0.4, 0.5) is 0 Å². The van der Waals surface area contributed by atoms with Crippen LogP contribution in [0.1, 0.15) is 34.6 Å². The third-order valence-electron chi connectivity index (χ3n) is 2.56. The molecule has 0 fully saturated rings. The molecule has 0 heterocycles. The number of rotatable bonds is 4. The van der Waals surface area contributed by atoms with E-state index in [2.05, 4.69) is 51.9 Å². The van der Waals surface area contributed by atoms with E-state index in [9.17, 15) is 0 Å². The highest BCUT2D eigenvalue weighted by atomic mass is 32.1. The molecule has 0 aromatic carbocycles. The van der Waals surface area contributed by atoms with Crippen LogP contribution in [0.5, 0.6) is 0 Å². The zero-order valence-corrected chi connectivity index (χ0v) is 11.1. The van der Waals surface area contributed by atoms with Crippen molar-refractivity contribution in [1.29, 1.82) is 0 Å². The van der Waals surface area contributed by atoms with Crippen molar-refractivity contribution in [1.82, 2.24) is 10.2 Å². The second-order valence-corrected chi connectivity index (χ2v) is 5.06. The van der Waals surface area contributed by atoms with Crippen molar-refractivity contribution >= 4 is 17.3 Å². The lowest BCUT2D eigenvalue weighted by molar-refractivity contribution is 0.304. The van der Waals surface area contributed by atoms with Gasteiger partial charge in [-0.2, -0.15) is 0 Å². The Morgan fingerprint density at radius 3 is 2.07 bits per heavy atom. The topological polar surface area (TPSA) is 15.3 Å². The summed E-state index contributed by atoms with van der Waals surface area (Å²) in [6, 6.07) is 0.488. The van der Waals surface area contributed by atoms with Crippen molar-refractivity contribution < 1.29 is 0 Å². The third-order valence-corrected chi connectivity index (χ3v) is 2.99. The van der Waals surface area contributed by atoms with Crippen LogP contribution in [-0.4, -0.2) is 29.6 Å². The number of nitrogens with zero attached hydrogens (tertiary/aromatic N) is 1. The standard InChI is InChI=1S/C11H24N2S/c1-8(2)7-12-11(14)13(6)10(5)9(3)4/h8-10H,7H2,1-6H3,(H,12,14). The van der Waals surface area contributed by atoms with Gasteiger partial charge in [-0.1, -0.05) is 27.7 Å². The fourth-order valence-electron chi connectivity index (χ4n) is 1.05. The summed E-state index contributed by atoms with van der Waals surface area (Å²) in [5.74, 6) is 1.26. The van der Waals surface area contributed by atoms with Gasteiger partial charge in [0.15, 0.2) is 5.11 Å². The summed E-state index contributed by atoms with van der Waals surface area (Å²) in [6.07, 6.45) is 0. The van der Waals surface area contributed by atoms with Gasteiger partial charge < -0.3 is 10.2 Å². The Morgan fingerprint density at radius 1 is 1.21 bits per heavy atom. The van der Waals surface area contributed by atoms with Gasteiger partial charge in [0, 0.05) is 19.6 Å². The van der Waals surface area contributed by atoms with Gasteiger partial charge in [0.1, 0.15) is 0 Å². The Hall–Kier alpha value is -0.310. The third kappa shape index (κ3) is 4.80. The minimum Gasteiger partial charge on any atom is -0.362 e. The molecular formula is C11H24N2S. The normalized spacial score (nSPS) is 13.1. The van der Waals surface area contributed by atoms with E-state index in [0.29, 0.717) is 17.9 Å². The van der Waals surface area contributed by atoms with E-state index in [-0.39, 0.29) is 0 Å². The highest BCUT2D eigenvalue weighted by molar-refractivity contribution is 7.80. The lowest BCUT2D eigenvalue weighted by atomic mass is 10.1. The molecule has 0 saturated carbocycles. The van der Waals surface area contributed by atoms with E-state index >= 15 is 0 Å². The molecule has 0 aromatic rings. The van der Waals surface area contributed by atoms with E-state index in [1.165, 1.54) is 0 Å². The van der Waals surface area contributed by atoms with Gasteiger partial charge in [0.05, 0.1) is 0 Å². The highest BCUT2D eigenvalue weighted by Crippen LogP contribution is 2.08. The van der Waals surface area contributed by atoms with E-state index < -0.39 is 0 Å². The predicted molar refractivity (Wildman–Crippen MR) is 67.5 cm³/mol. The molecule has 1 atom stereocenters. The van der Waals surface area contributed by atoms with Crippen molar-refractivity contribution in [3.8, 4) is 0 Å². The largest absolute Gasteiger partial charge is 0.362 e. The van der Waals surface area contributed by atoms with Crippen LogP contribution in [0.2, 0.25) is 0 Å². The Balaban J connectivity index is 3.99. The lowest BCUT2D eigenvalue weighted by Crippen LogP contribution is -2.45. The summed E-state index contributed by atoms with van der Waals surface area (Å²) in [4.78, 5) is 2.14. The lowest BCUT2D eigenvalue weighted by Gasteiger charge is -2.30. The molecule has 3 heteroatoms. The number of thiocarbonyl (C=S) groups is 1. The molecule has 0 spiro atoms. The van der Waals surface area contributed by atoms with E-state index in [1.54, 1.807) is 0 Å². The first-order chi connectivity index (χ1) is 6.36. The van der Waals surface area contributed by atoms with Crippen LogP contribution in [0, 0.1) is 11.8 Å². The summed E-state index contributed by atoms with van der Waals surface area (Å²) in [5, 5.41) is 4.14. The fourth-order valence-corrected chi connectivity index (χ4v) is 1.30. The smallest absolute Gasteiger partial charge is 0.168 e. The van der Waals surface area contributed by atoms with Crippen molar-refractivity contribution in [2.24, 2.45) is 11.8 Å². The maximum Gasteiger partial charge on any atom is 0.168 e. The minimum absolute atomic E-state index is 0.488. The average molecular weight is 216 g/mol. The van der Waals surface area contributed by atoms with Crippen molar-refractivity contribution in [3.05, 3.63) is 0 Å². The molecule has 0 saturated heterocycles. The summed E-state index contributed by atoms with van der Waals surface area (Å²) in [7, 11) is 2.06. The molecule has 0 bridgehead atoms. The second-order valence-electron chi connectivity index (χ2n) is 4.68. The Kier molecular flexibility index (Phi) is 6.09. The van der Waals surface area contributed by atoms with Crippen LogP contribution in [-0.2, 0) is 0 Å². The number of hydrogen-bond donors (Lipinski definition) is 1. The van der Waals surface area contributed by atoms with Gasteiger partial charge in [-0.05, 0) is 31.0 Å². The molecule has 0 aliphatic rings. The van der Waals surface area contributed by atoms with Crippen molar-refractivity contribution in [3.63, 3.8) is 0 Å². The monoisotopic (exact) mass is 216 g/mol. The molecule has 0 rings (SSSR count). The second kappa shape index (κ2) is 6.23. The van der Waals surface area contributed by atoms with Gasteiger partial charge in [0.25, 0.3) is 0 Å². The molecule has 0 aliphatic carbocycles. The van der Waals surface area contributed by atoms with Crippen molar-refractivity contribution in [2.45, 2.75) is 40.7 Å². The van der Waals surface area contributed by atoms with Crippen LogP contribution in [0.15, 0.2) is 0 Å². The molecular weight excluding hydrogens is 192 g/mol. The first-order valence-corrected chi connectivity index (χ1v) is 5.77. The zero-order chi connectivity index (χ0) is 11.3. The molecule has 1 N–H and O–H groups in total. The first-order valence-electron chi connectivity index (χ1n) is 5.37. The maximum absolute atomic E-state index is 5.31. The molecule has 1 unspecified atom stereocenters. The van der Waals surface area contributed by atoms with Gasteiger partial charge in [-0.25, -0.2) is 0 Å². The van der Waals surface area contributed by atoms with Crippen LogP contribution >= 0.6 is 12.2 Å². The quantitative estimate of drug-likeness (QED) is 0.727. The first kappa shape index (κ1) is 13.7. The highest BCUT2D eigenvalue weighted by Gasteiger charge is 2.15. The van der Waals surface area contributed by atoms with Gasteiger partial charge in [-0.3, -0.25) is 0 Å². The summed E-state index contributed by atoms with van der Waals surface area (Å²) < 4.78 is 0. The molecule has 14 heavy (non-hydrogen) atoms. The molecule has 2 nitrogen and oxygen atoms in total. The fraction of sp³-hybridized carbons (Fsp3) is 0.909. The van der Waals surface area contributed by atoms with Gasteiger partial charge in [-0.15, -0.1) is 0 Å². The molecule has 84 valence electrons. The van der Waals surface area contributed by atoms with E-state index in [4.69, 9.17) is 12.2 Å². The Morgan fingerprint density at radius 2 is 1.71 bits per heavy atom. The molecule has 0 radical (unpaired) electrons. The molecule has 0 aromatic heterocycles. The summed E-state index contributed by atoms with van der Waals surface area (Å²) >= 11 is 5.31.